The van der Waals surface area contributed by atoms with Crippen LogP contribution in [0.1, 0.15) is 21.5 Å². The Hall–Kier alpha value is -2.83. The highest BCUT2D eigenvalue weighted by Crippen LogP contribution is 2.28. The van der Waals surface area contributed by atoms with E-state index in [2.05, 4.69) is 26.5 Å². The van der Waals surface area contributed by atoms with E-state index in [1.807, 2.05) is 30.3 Å². The van der Waals surface area contributed by atoms with E-state index < -0.39 is 0 Å². The second kappa shape index (κ2) is 10.1. The van der Waals surface area contributed by atoms with Crippen molar-refractivity contribution in [2.45, 2.75) is 6.61 Å². The second-order valence-corrected chi connectivity index (χ2v) is 7.38. The number of hydrogen-bond donors (Lipinski definition) is 1. The molecular formula is C22H18BrClN2O3. The number of nitrogens with zero attached hydrogens (tertiary/aromatic N) is 1. The van der Waals surface area contributed by atoms with Crippen molar-refractivity contribution in [3.63, 3.8) is 0 Å². The van der Waals surface area contributed by atoms with Crippen molar-refractivity contribution in [1.82, 2.24) is 5.43 Å². The quantitative estimate of drug-likeness (QED) is 0.366. The molecule has 0 atom stereocenters. The third kappa shape index (κ3) is 6.07. The molecule has 0 saturated carbocycles. The first-order valence-electron chi connectivity index (χ1n) is 8.69. The van der Waals surface area contributed by atoms with E-state index in [0.717, 1.165) is 15.6 Å². The molecule has 7 heteroatoms. The van der Waals surface area contributed by atoms with E-state index in [4.69, 9.17) is 21.1 Å². The van der Waals surface area contributed by atoms with Crippen LogP contribution >= 0.6 is 27.5 Å². The zero-order valence-electron chi connectivity index (χ0n) is 15.6. The molecule has 3 aromatic rings. The molecule has 0 saturated heterocycles. The standard InChI is InChI=1S/C22H18BrClN2O3/c1-28-21-12-16(13-25-26-22(27)17-5-7-18(23)8-6-17)4-11-20(21)29-14-15-2-9-19(24)10-3-15/h2-13H,14H2,1H3,(H,26,27)/b25-13+. The van der Waals surface area contributed by atoms with Crippen LogP contribution < -0.4 is 14.9 Å². The van der Waals surface area contributed by atoms with Gasteiger partial charge >= 0.3 is 0 Å². The lowest BCUT2D eigenvalue weighted by atomic mass is 10.2. The molecule has 0 aliphatic carbocycles. The third-order valence-electron chi connectivity index (χ3n) is 3.98. The lowest BCUT2D eigenvalue weighted by molar-refractivity contribution is 0.0955. The maximum absolute atomic E-state index is 12.1. The number of amides is 1. The van der Waals surface area contributed by atoms with Crippen LogP contribution in [0.15, 0.2) is 76.3 Å². The summed E-state index contributed by atoms with van der Waals surface area (Å²) >= 11 is 9.23. The molecule has 0 aromatic heterocycles. The predicted molar refractivity (Wildman–Crippen MR) is 118 cm³/mol. The van der Waals surface area contributed by atoms with Gasteiger partial charge < -0.3 is 9.47 Å². The minimum atomic E-state index is -0.288. The summed E-state index contributed by atoms with van der Waals surface area (Å²) in [5, 5.41) is 4.68. The van der Waals surface area contributed by atoms with Crippen LogP contribution in [-0.4, -0.2) is 19.2 Å². The van der Waals surface area contributed by atoms with Crippen LogP contribution in [-0.2, 0) is 6.61 Å². The molecule has 5 nitrogen and oxygen atoms in total. The van der Waals surface area contributed by atoms with E-state index in [-0.39, 0.29) is 5.91 Å². The number of methoxy groups -OCH3 is 1. The summed E-state index contributed by atoms with van der Waals surface area (Å²) in [7, 11) is 1.57. The molecule has 0 bridgehead atoms. The highest BCUT2D eigenvalue weighted by molar-refractivity contribution is 9.10. The Morgan fingerprint density at radius 1 is 1.07 bits per heavy atom. The summed E-state index contributed by atoms with van der Waals surface area (Å²) in [5.41, 5.74) is 4.78. The molecule has 0 spiro atoms. The number of carbonyl (C=O) groups excluding carboxylic acids is 1. The van der Waals surface area contributed by atoms with E-state index in [1.54, 1.807) is 49.7 Å². The van der Waals surface area contributed by atoms with Crippen molar-refractivity contribution in [2.75, 3.05) is 7.11 Å². The molecule has 0 unspecified atom stereocenters. The maximum atomic E-state index is 12.1. The Balaban J connectivity index is 1.61. The predicted octanol–water partition coefficient (Wildman–Crippen LogP) is 5.45. The smallest absolute Gasteiger partial charge is 0.271 e. The molecule has 3 aromatic carbocycles. The molecule has 0 radical (unpaired) electrons. The molecule has 1 amide bonds. The van der Waals surface area contributed by atoms with E-state index in [1.165, 1.54) is 0 Å². The van der Waals surface area contributed by atoms with Gasteiger partial charge in [0.2, 0.25) is 0 Å². The number of rotatable bonds is 7. The molecular weight excluding hydrogens is 456 g/mol. The monoisotopic (exact) mass is 472 g/mol. The van der Waals surface area contributed by atoms with Crippen LogP contribution in [0.25, 0.3) is 0 Å². The van der Waals surface area contributed by atoms with Crippen LogP contribution in [0, 0.1) is 0 Å². The molecule has 3 rings (SSSR count). The lowest BCUT2D eigenvalue weighted by Gasteiger charge is -2.11. The first-order chi connectivity index (χ1) is 14.0. The molecule has 0 fully saturated rings. The van der Waals surface area contributed by atoms with Gasteiger partial charge in [-0.25, -0.2) is 5.43 Å². The Bertz CT molecular complexity index is 1010. The minimum absolute atomic E-state index is 0.288. The Kier molecular flexibility index (Phi) is 7.27. The number of hydrogen-bond acceptors (Lipinski definition) is 4. The van der Waals surface area contributed by atoms with Crippen LogP contribution in [0.4, 0.5) is 0 Å². The molecule has 1 N–H and O–H groups in total. The summed E-state index contributed by atoms with van der Waals surface area (Å²) in [6, 6.07) is 19.9. The van der Waals surface area contributed by atoms with Gasteiger partial charge in [0.25, 0.3) is 5.91 Å². The van der Waals surface area contributed by atoms with Gasteiger partial charge in [0, 0.05) is 15.1 Å². The maximum Gasteiger partial charge on any atom is 0.271 e. The van der Waals surface area contributed by atoms with Crippen LogP contribution in [0.5, 0.6) is 11.5 Å². The van der Waals surface area contributed by atoms with Crippen molar-refractivity contribution in [2.24, 2.45) is 5.10 Å². The summed E-state index contributed by atoms with van der Waals surface area (Å²) in [6.45, 7) is 0.393. The van der Waals surface area contributed by atoms with Gasteiger partial charge in [-0.15, -0.1) is 0 Å². The fourth-order valence-electron chi connectivity index (χ4n) is 2.46. The average molecular weight is 474 g/mol. The summed E-state index contributed by atoms with van der Waals surface area (Å²) in [5.74, 6) is 0.893. The molecule has 0 aliphatic rings. The Morgan fingerprint density at radius 2 is 1.79 bits per heavy atom. The number of carbonyl (C=O) groups is 1. The summed E-state index contributed by atoms with van der Waals surface area (Å²) < 4.78 is 12.1. The number of hydrazone groups is 1. The second-order valence-electron chi connectivity index (χ2n) is 6.03. The van der Waals surface area contributed by atoms with E-state index in [9.17, 15) is 4.79 Å². The molecule has 29 heavy (non-hydrogen) atoms. The fourth-order valence-corrected chi connectivity index (χ4v) is 2.85. The van der Waals surface area contributed by atoms with Crippen molar-refractivity contribution in [3.8, 4) is 11.5 Å². The number of ether oxygens (including phenoxy) is 2. The topological polar surface area (TPSA) is 59.9 Å². The van der Waals surface area contributed by atoms with Gasteiger partial charge in [0.15, 0.2) is 11.5 Å². The van der Waals surface area contributed by atoms with Gasteiger partial charge in [0.05, 0.1) is 13.3 Å². The van der Waals surface area contributed by atoms with Crippen LogP contribution in [0.2, 0.25) is 5.02 Å². The first kappa shape index (κ1) is 20.9. The zero-order chi connectivity index (χ0) is 20.6. The van der Waals surface area contributed by atoms with Crippen LogP contribution in [0.3, 0.4) is 0 Å². The van der Waals surface area contributed by atoms with Gasteiger partial charge in [0.1, 0.15) is 6.61 Å². The highest BCUT2D eigenvalue weighted by atomic mass is 79.9. The molecule has 0 aliphatic heterocycles. The fraction of sp³-hybridized carbons (Fsp3) is 0.0909. The number of nitrogens with one attached hydrogen (secondary N) is 1. The van der Waals surface area contributed by atoms with Gasteiger partial charge in [-0.3, -0.25) is 4.79 Å². The zero-order valence-corrected chi connectivity index (χ0v) is 17.9. The van der Waals surface area contributed by atoms with Crippen molar-refractivity contribution >= 4 is 39.7 Å². The average Bonchev–Trinajstić information content (AvgIpc) is 2.74. The van der Waals surface area contributed by atoms with Gasteiger partial charge in [-0.05, 0) is 65.7 Å². The SMILES string of the molecule is COc1cc(/C=N/NC(=O)c2ccc(Br)cc2)ccc1OCc1ccc(Cl)cc1. The first-order valence-corrected chi connectivity index (χ1v) is 9.86. The van der Waals surface area contributed by atoms with Crippen molar-refractivity contribution in [1.29, 1.82) is 0 Å². The summed E-state index contributed by atoms with van der Waals surface area (Å²) in [6.07, 6.45) is 1.54. The summed E-state index contributed by atoms with van der Waals surface area (Å²) in [4.78, 5) is 12.1. The van der Waals surface area contributed by atoms with Gasteiger partial charge in [-0.1, -0.05) is 39.7 Å². The molecule has 148 valence electrons. The lowest BCUT2D eigenvalue weighted by Crippen LogP contribution is -2.17. The normalized spacial score (nSPS) is 10.7. The van der Waals surface area contributed by atoms with Gasteiger partial charge in [-0.2, -0.15) is 5.10 Å². The Labute approximate surface area is 182 Å². The number of benzene rings is 3. The van der Waals surface area contributed by atoms with E-state index >= 15 is 0 Å². The highest BCUT2D eigenvalue weighted by Gasteiger charge is 2.07. The Morgan fingerprint density at radius 3 is 2.48 bits per heavy atom. The molecule has 0 heterocycles. The third-order valence-corrected chi connectivity index (χ3v) is 4.76. The minimum Gasteiger partial charge on any atom is -0.493 e. The largest absolute Gasteiger partial charge is 0.493 e. The van der Waals surface area contributed by atoms with Crippen molar-refractivity contribution < 1.29 is 14.3 Å². The van der Waals surface area contributed by atoms with E-state index in [0.29, 0.717) is 28.7 Å². The van der Waals surface area contributed by atoms with Crippen molar-refractivity contribution in [3.05, 3.63) is 92.9 Å². The number of halogens is 2.